The van der Waals surface area contributed by atoms with Crippen LogP contribution in [0.5, 0.6) is 0 Å². The summed E-state index contributed by atoms with van der Waals surface area (Å²) in [5.74, 6) is -1.74. The molecule has 0 fully saturated rings. The van der Waals surface area contributed by atoms with Crippen molar-refractivity contribution < 1.29 is 18.0 Å². The van der Waals surface area contributed by atoms with Crippen molar-refractivity contribution in [3.63, 3.8) is 0 Å². The van der Waals surface area contributed by atoms with Gasteiger partial charge in [0.25, 0.3) is 11.8 Å². The van der Waals surface area contributed by atoms with E-state index in [-0.39, 0.29) is 0 Å². The lowest BCUT2D eigenvalue weighted by Crippen LogP contribution is -2.26. The molecule has 0 aliphatic carbocycles. The third-order valence-corrected chi connectivity index (χ3v) is 1.95. The molecule has 60 valence electrons. The number of nitrogens with two attached hydrogens (primary N) is 1. The Morgan fingerprint density at radius 1 is 1.36 bits per heavy atom. The molecule has 0 atom stereocenters. The lowest BCUT2D eigenvalue weighted by Gasteiger charge is -1.92. The van der Waals surface area contributed by atoms with Crippen LogP contribution in [0.4, 0.5) is 0 Å². The number of hydrogen-bond donors (Lipinski definition) is 2. The van der Waals surface area contributed by atoms with Crippen LogP contribution in [0.3, 0.4) is 0 Å². The van der Waals surface area contributed by atoms with Gasteiger partial charge in [-0.15, -0.1) is 0 Å². The van der Waals surface area contributed by atoms with Gasteiger partial charge in [-0.2, -0.15) is 0 Å². The molecule has 3 N–H and O–H groups in total. The number of imide groups is 1. The Hall–Kier alpha value is -1.21. The summed E-state index contributed by atoms with van der Waals surface area (Å²) >= 11 is 0. The summed E-state index contributed by atoms with van der Waals surface area (Å²) in [6, 6.07) is 0. The first-order chi connectivity index (χ1) is 4.91. The number of carbonyl (C=O) groups is 2. The summed E-state index contributed by atoms with van der Waals surface area (Å²) in [5, 5.41) is 6.33. The van der Waals surface area contributed by atoms with Crippen LogP contribution in [-0.4, -0.2) is 20.2 Å². The van der Waals surface area contributed by atoms with Gasteiger partial charge in [-0.1, -0.05) is 0 Å². The fourth-order valence-corrected chi connectivity index (χ4v) is 1.19. The Bertz CT molecular complexity index is 352. The van der Waals surface area contributed by atoms with Crippen molar-refractivity contribution in [1.29, 1.82) is 0 Å². The van der Waals surface area contributed by atoms with E-state index in [2.05, 4.69) is 5.14 Å². The Morgan fingerprint density at radius 3 is 2.09 bits per heavy atom. The summed E-state index contributed by atoms with van der Waals surface area (Å²) in [4.78, 5) is 20.3. The average molecular weight is 176 g/mol. The molecule has 0 radical (unpaired) electrons. The van der Waals surface area contributed by atoms with Gasteiger partial charge in [0, 0.05) is 6.08 Å². The Balaban J connectivity index is 3.18. The first-order valence-electron chi connectivity index (χ1n) is 2.51. The third kappa shape index (κ3) is 1.44. The van der Waals surface area contributed by atoms with Crippen molar-refractivity contribution in [3.05, 3.63) is 11.0 Å². The number of nitrogens with one attached hydrogen (secondary N) is 1. The first-order valence-corrected chi connectivity index (χ1v) is 4.06. The highest BCUT2D eigenvalue weighted by molar-refractivity contribution is 7.94. The van der Waals surface area contributed by atoms with Crippen molar-refractivity contribution in [2.45, 2.75) is 0 Å². The number of hydrogen-bond acceptors (Lipinski definition) is 4. The molecule has 0 spiro atoms. The van der Waals surface area contributed by atoms with Crippen molar-refractivity contribution in [2.75, 3.05) is 0 Å². The Labute approximate surface area is 62.1 Å². The van der Waals surface area contributed by atoms with Crippen molar-refractivity contribution in [3.8, 4) is 0 Å². The van der Waals surface area contributed by atoms with Gasteiger partial charge in [-0.25, -0.2) is 13.6 Å². The van der Waals surface area contributed by atoms with Gasteiger partial charge in [-0.05, 0) is 0 Å². The van der Waals surface area contributed by atoms with E-state index in [9.17, 15) is 18.0 Å². The summed E-state index contributed by atoms with van der Waals surface area (Å²) in [6.07, 6.45) is 0.650. The Morgan fingerprint density at radius 2 is 1.91 bits per heavy atom. The van der Waals surface area contributed by atoms with E-state index in [1.807, 2.05) is 0 Å². The van der Waals surface area contributed by atoms with Crippen LogP contribution >= 0.6 is 0 Å². The van der Waals surface area contributed by atoms with Gasteiger partial charge in [0.1, 0.15) is 0 Å². The van der Waals surface area contributed by atoms with E-state index in [4.69, 9.17) is 0 Å². The van der Waals surface area contributed by atoms with E-state index in [0.717, 1.165) is 0 Å². The Kier molecular flexibility index (Phi) is 1.53. The van der Waals surface area contributed by atoms with Crippen molar-refractivity contribution >= 4 is 21.8 Å². The molecule has 1 aliphatic rings. The number of primary sulfonamides is 1. The maximum absolute atomic E-state index is 10.6. The van der Waals surface area contributed by atoms with Crippen LogP contribution in [0.15, 0.2) is 11.0 Å². The van der Waals surface area contributed by atoms with Crippen LogP contribution in [0.1, 0.15) is 0 Å². The van der Waals surface area contributed by atoms with E-state index in [1.54, 1.807) is 5.32 Å². The van der Waals surface area contributed by atoms with Gasteiger partial charge in [-0.3, -0.25) is 14.9 Å². The molecular formula is C4H4N2O4S. The predicted molar refractivity (Wildman–Crippen MR) is 34.3 cm³/mol. The first kappa shape index (κ1) is 7.89. The molecule has 2 amide bonds. The van der Waals surface area contributed by atoms with E-state index < -0.39 is 26.7 Å². The molecule has 0 unspecified atom stereocenters. The molecule has 1 aliphatic heterocycles. The van der Waals surface area contributed by atoms with Crippen molar-refractivity contribution in [2.24, 2.45) is 5.14 Å². The van der Waals surface area contributed by atoms with Crippen molar-refractivity contribution in [1.82, 2.24) is 5.32 Å². The summed E-state index contributed by atoms with van der Waals surface area (Å²) < 4.78 is 21.0. The smallest absolute Gasteiger partial charge is 0.271 e. The fraction of sp³-hybridized carbons (Fsp3) is 0. The SMILES string of the molecule is NS(=O)(=O)C1=CC(=O)NC1=O. The fourth-order valence-electron chi connectivity index (χ4n) is 0.606. The molecule has 0 saturated carbocycles. The third-order valence-electron chi connectivity index (χ3n) is 1.03. The van der Waals surface area contributed by atoms with Gasteiger partial charge >= 0.3 is 0 Å². The molecule has 0 saturated heterocycles. The van der Waals surface area contributed by atoms with Gasteiger partial charge in [0.05, 0.1) is 0 Å². The molecule has 0 aromatic carbocycles. The normalized spacial score (nSPS) is 18.1. The number of amides is 2. The summed E-state index contributed by atoms with van der Waals surface area (Å²) in [5.41, 5.74) is 0. The second kappa shape index (κ2) is 2.14. The van der Waals surface area contributed by atoms with Gasteiger partial charge in [0.15, 0.2) is 4.91 Å². The highest BCUT2D eigenvalue weighted by atomic mass is 32.2. The number of rotatable bonds is 1. The topological polar surface area (TPSA) is 106 Å². The maximum atomic E-state index is 10.6. The second-order valence-electron chi connectivity index (χ2n) is 1.87. The molecule has 0 aromatic heterocycles. The molecule has 1 heterocycles. The van der Waals surface area contributed by atoms with Crippen LogP contribution < -0.4 is 10.5 Å². The molecule has 0 bridgehead atoms. The van der Waals surface area contributed by atoms with Gasteiger partial charge in [0.2, 0.25) is 10.0 Å². The van der Waals surface area contributed by atoms with Crippen LogP contribution in [0, 0.1) is 0 Å². The zero-order chi connectivity index (χ0) is 8.65. The zero-order valence-electron chi connectivity index (χ0n) is 5.20. The highest BCUT2D eigenvalue weighted by Crippen LogP contribution is 2.06. The molecule has 0 aromatic rings. The summed E-state index contributed by atoms with van der Waals surface area (Å²) in [6.45, 7) is 0. The molecular weight excluding hydrogens is 172 g/mol. The molecule has 7 heteroatoms. The largest absolute Gasteiger partial charge is 0.288 e. The predicted octanol–water partition coefficient (Wildman–Crippen LogP) is -2.18. The summed E-state index contributed by atoms with van der Waals surface area (Å²) in [7, 11) is -4.06. The van der Waals surface area contributed by atoms with E-state index in [1.165, 1.54) is 0 Å². The maximum Gasteiger partial charge on any atom is 0.271 e. The monoisotopic (exact) mass is 176 g/mol. The van der Waals surface area contributed by atoms with Crippen LogP contribution in [0.2, 0.25) is 0 Å². The number of sulfonamides is 1. The molecule has 11 heavy (non-hydrogen) atoms. The van der Waals surface area contributed by atoms with Gasteiger partial charge < -0.3 is 0 Å². The highest BCUT2D eigenvalue weighted by Gasteiger charge is 2.28. The van der Waals surface area contributed by atoms with E-state index >= 15 is 0 Å². The lowest BCUT2D eigenvalue weighted by atomic mass is 10.6. The minimum atomic E-state index is -4.06. The van der Waals surface area contributed by atoms with Crippen LogP contribution in [-0.2, 0) is 19.6 Å². The van der Waals surface area contributed by atoms with E-state index in [0.29, 0.717) is 6.08 Å². The van der Waals surface area contributed by atoms with Crippen LogP contribution in [0.25, 0.3) is 0 Å². The molecule has 6 nitrogen and oxygen atoms in total. The minimum absolute atomic E-state index is 0.650. The lowest BCUT2D eigenvalue weighted by molar-refractivity contribution is -0.123. The quantitative estimate of drug-likeness (QED) is 0.443. The second-order valence-corrected chi connectivity index (χ2v) is 3.40. The minimum Gasteiger partial charge on any atom is -0.288 e. The number of carbonyl (C=O) groups excluding carboxylic acids is 2. The zero-order valence-corrected chi connectivity index (χ0v) is 6.01. The average Bonchev–Trinajstić information content (AvgIpc) is 2.08. The molecule has 1 rings (SSSR count). The standard InChI is InChI=1S/C4H4N2O4S/c5-11(9,10)2-1-3(7)6-4(2)8/h1H,(H2,5,9,10)(H,6,7,8).